The number of nitrogen functional groups attached to an aromatic ring is 1. The summed E-state index contributed by atoms with van der Waals surface area (Å²) in [5.74, 6) is 1.75. The number of aliphatic hydroxyl groups is 1. The van der Waals surface area contributed by atoms with Crippen molar-refractivity contribution in [2.24, 2.45) is 5.92 Å². The number of hydrogen-bond donors (Lipinski definition) is 2. The number of aryl methyl sites for hydroxylation is 1. The van der Waals surface area contributed by atoms with E-state index in [9.17, 15) is 5.11 Å². The van der Waals surface area contributed by atoms with E-state index in [2.05, 4.69) is 46.2 Å². The van der Waals surface area contributed by atoms with Crippen LogP contribution in [0.25, 0.3) is 11.0 Å². The molecule has 0 aliphatic carbocycles. The molecular weight excluding hydrogens is 400 g/mol. The molecule has 4 rings (SSSR count). The molecule has 0 unspecified atom stereocenters. The van der Waals surface area contributed by atoms with Crippen LogP contribution in [0.5, 0.6) is 0 Å². The van der Waals surface area contributed by atoms with Crippen LogP contribution < -0.4 is 5.73 Å². The van der Waals surface area contributed by atoms with E-state index in [1.807, 2.05) is 4.68 Å². The predicted octanol–water partition coefficient (Wildman–Crippen LogP) is 3.78. The molecule has 0 amide bonds. The van der Waals surface area contributed by atoms with Gasteiger partial charge in [-0.1, -0.05) is 44.0 Å². The third-order valence-electron chi connectivity index (χ3n) is 6.54. The number of anilines is 1. The first kappa shape index (κ1) is 22.7. The van der Waals surface area contributed by atoms with Crippen molar-refractivity contribution in [3.63, 3.8) is 0 Å². The predicted molar refractivity (Wildman–Crippen MR) is 128 cm³/mol. The van der Waals surface area contributed by atoms with Gasteiger partial charge in [0.15, 0.2) is 5.65 Å². The molecule has 3 heterocycles. The van der Waals surface area contributed by atoms with Crippen molar-refractivity contribution < 1.29 is 5.11 Å². The second-order valence-corrected chi connectivity index (χ2v) is 9.07. The van der Waals surface area contributed by atoms with E-state index in [4.69, 9.17) is 10.7 Å². The van der Waals surface area contributed by atoms with Gasteiger partial charge in [0.05, 0.1) is 18.1 Å². The molecule has 172 valence electrons. The highest BCUT2D eigenvalue weighted by Crippen LogP contribution is 2.22. The molecule has 7 nitrogen and oxygen atoms in total. The second-order valence-electron chi connectivity index (χ2n) is 9.07. The van der Waals surface area contributed by atoms with Crippen LogP contribution in [-0.4, -0.2) is 49.5 Å². The third kappa shape index (κ3) is 5.64. The fraction of sp³-hybridized carbons (Fsp3) is 0.560. The van der Waals surface area contributed by atoms with Gasteiger partial charge in [-0.25, -0.2) is 14.6 Å². The minimum absolute atomic E-state index is 0.232. The van der Waals surface area contributed by atoms with Crippen molar-refractivity contribution in [2.75, 3.05) is 25.4 Å². The van der Waals surface area contributed by atoms with Crippen LogP contribution in [0, 0.1) is 5.92 Å². The number of nitrogens with zero attached hydrogens (tertiary/aromatic N) is 5. The van der Waals surface area contributed by atoms with Crippen molar-refractivity contribution in [1.82, 2.24) is 24.6 Å². The van der Waals surface area contributed by atoms with Gasteiger partial charge in [-0.2, -0.15) is 5.10 Å². The van der Waals surface area contributed by atoms with Crippen LogP contribution in [0.2, 0.25) is 0 Å². The van der Waals surface area contributed by atoms with Gasteiger partial charge in [-0.05, 0) is 55.8 Å². The largest absolute Gasteiger partial charge is 0.396 e. The summed E-state index contributed by atoms with van der Waals surface area (Å²) in [4.78, 5) is 11.8. The molecule has 1 aromatic carbocycles. The maximum absolute atomic E-state index is 9.32. The fourth-order valence-electron chi connectivity index (χ4n) is 4.73. The average Bonchev–Trinajstić information content (AvgIpc) is 3.44. The fourth-order valence-corrected chi connectivity index (χ4v) is 4.73. The van der Waals surface area contributed by atoms with Gasteiger partial charge in [0.2, 0.25) is 0 Å². The normalized spacial score (nSPS) is 15.6. The smallest absolute Gasteiger partial charge is 0.163 e. The van der Waals surface area contributed by atoms with Gasteiger partial charge in [0, 0.05) is 19.6 Å². The molecule has 1 aliphatic heterocycles. The third-order valence-corrected chi connectivity index (χ3v) is 6.54. The molecule has 3 N–H and O–H groups in total. The number of aromatic nitrogens is 4. The van der Waals surface area contributed by atoms with E-state index < -0.39 is 0 Å². The number of aliphatic hydroxyl groups excluding tert-OH is 1. The van der Waals surface area contributed by atoms with Crippen LogP contribution in [0.4, 0.5) is 5.82 Å². The van der Waals surface area contributed by atoms with Crippen LogP contribution in [-0.2, 0) is 19.5 Å². The number of fused-ring (bicyclic) bond motifs is 1. The van der Waals surface area contributed by atoms with Crippen molar-refractivity contribution in [3.05, 3.63) is 47.4 Å². The monoisotopic (exact) mass is 436 g/mol. The quantitative estimate of drug-likeness (QED) is 0.475. The Bertz CT molecular complexity index is 988. The summed E-state index contributed by atoms with van der Waals surface area (Å²) >= 11 is 0. The van der Waals surface area contributed by atoms with Gasteiger partial charge in [0.25, 0.3) is 0 Å². The number of benzene rings is 1. The van der Waals surface area contributed by atoms with Crippen molar-refractivity contribution in [3.8, 4) is 0 Å². The average molecular weight is 437 g/mol. The molecule has 0 bridgehead atoms. The molecule has 1 atom stereocenters. The van der Waals surface area contributed by atoms with E-state index in [1.54, 1.807) is 6.20 Å². The Morgan fingerprint density at radius 1 is 1.00 bits per heavy atom. The van der Waals surface area contributed by atoms with Crippen LogP contribution in [0.1, 0.15) is 62.4 Å². The number of hydrogen-bond acceptors (Lipinski definition) is 6. The lowest BCUT2D eigenvalue weighted by Gasteiger charge is -2.15. The molecule has 1 saturated heterocycles. The van der Waals surface area contributed by atoms with Gasteiger partial charge >= 0.3 is 0 Å². The molecule has 1 aliphatic rings. The summed E-state index contributed by atoms with van der Waals surface area (Å²) in [5.41, 5.74) is 9.59. The van der Waals surface area contributed by atoms with Crippen LogP contribution >= 0.6 is 0 Å². The molecule has 2 aromatic heterocycles. The summed E-state index contributed by atoms with van der Waals surface area (Å²) in [7, 11) is 0. The highest BCUT2D eigenvalue weighted by Gasteiger charge is 2.15. The Balaban J connectivity index is 1.45. The van der Waals surface area contributed by atoms with Gasteiger partial charge in [-0.3, -0.25) is 4.90 Å². The lowest BCUT2D eigenvalue weighted by molar-refractivity contribution is 0.245. The maximum atomic E-state index is 9.32. The molecule has 3 aromatic rings. The lowest BCUT2D eigenvalue weighted by atomic mass is 9.95. The Kier molecular flexibility index (Phi) is 7.71. The van der Waals surface area contributed by atoms with Gasteiger partial charge < -0.3 is 10.8 Å². The molecule has 7 heteroatoms. The van der Waals surface area contributed by atoms with E-state index in [0.717, 1.165) is 55.5 Å². The molecule has 0 spiro atoms. The van der Waals surface area contributed by atoms with Crippen LogP contribution in [0.15, 0.2) is 30.5 Å². The topological polar surface area (TPSA) is 93.1 Å². The minimum Gasteiger partial charge on any atom is -0.396 e. The molecule has 0 saturated carbocycles. The Hall–Kier alpha value is -2.51. The number of rotatable bonds is 11. The molecular formula is C25H36N6O. The molecule has 32 heavy (non-hydrogen) atoms. The van der Waals surface area contributed by atoms with Gasteiger partial charge in [-0.15, -0.1) is 0 Å². The SMILES string of the molecule is CCC[C@H](CCO)CCc1nc(N)c2cnn(Cc3ccc(CN4CCCC4)cc3)c2n1. The van der Waals surface area contributed by atoms with E-state index in [-0.39, 0.29) is 6.61 Å². The van der Waals surface area contributed by atoms with E-state index in [1.165, 1.54) is 37.1 Å². The number of likely N-dealkylation sites (tertiary alicyclic amines) is 1. The summed E-state index contributed by atoms with van der Waals surface area (Å²) < 4.78 is 1.92. The zero-order valence-corrected chi connectivity index (χ0v) is 19.2. The summed E-state index contributed by atoms with van der Waals surface area (Å²) in [5, 5.41) is 14.7. The Morgan fingerprint density at radius 2 is 1.72 bits per heavy atom. The summed E-state index contributed by atoms with van der Waals surface area (Å²) in [6, 6.07) is 8.83. The van der Waals surface area contributed by atoms with Gasteiger partial charge in [0.1, 0.15) is 11.6 Å². The highest BCUT2D eigenvalue weighted by atomic mass is 16.3. The Labute approximate surface area is 190 Å². The van der Waals surface area contributed by atoms with E-state index >= 15 is 0 Å². The maximum Gasteiger partial charge on any atom is 0.163 e. The standard InChI is InChI=1S/C25H36N6O/c1-2-5-19(12-15-32)10-11-23-28-24(26)22-16-27-31(25(22)29-23)18-21-8-6-20(7-9-21)17-30-13-3-4-14-30/h6-9,16,19,32H,2-5,10-15,17-18H2,1H3,(H2,26,28,29)/t19-/m0/s1. The zero-order chi connectivity index (χ0) is 22.3. The van der Waals surface area contributed by atoms with Crippen molar-refractivity contribution in [1.29, 1.82) is 0 Å². The first-order valence-corrected chi connectivity index (χ1v) is 12.0. The van der Waals surface area contributed by atoms with Crippen molar-refractivity contribution in [2.45, 2.75) is 65.0 Å². The van der Waals surface area contributed by atoms with E-state index in [0.29, 0.717) is 18.3 Å². The molecule has 1 fully saturated rings. The second kappa shape index (κ2) is 10.9. The zero-order valence-electron chi connectivity index (χ0n) is 19.2. The van der Waals surface area contributed by atoms with Crippen LogP contribution in [0.3, 0.4) is 0 Å². The summed E-state index contributed by atoms with van der Waals surface area (Å²) in [6.45, 7) is 6.53. The first-order chi connectivity index (χ1) is 15.7. The molecule has 0 radical (unpaired) electrons. The highest BCUT2D eigenvalue weighted by molar-refractivity contribution is 5.85. The first-order valence-electron chi connectivity index (χ1n) is 12.0. The minimum atomic E-state index is 0.232. The summed E-state index contributed by atoms with van der Waals surface area (Å²) in [6.07, 6.45) is 9.20. The lowest BCUT2D eigenvalue weighted by Crippen LogP contribution is -2.18. The number of nitrogens with two attached hydrogens (primary N) is 1. The van der Waals surface area contributed by atoms with Crippen molar-refractivity contribution >= 4 is 16.9 Å². The Morgan fingerprint density at radius 3 is 2.41 bits per heavy atom.